The molecular formula is C17H26N4. The molecule has 0 spiro atoms. The van der Waals surface area contributed by atoms with E-state index >= 15 is 0 Å². The monoisotopic (exact) mass is 286 g/mol. The summed E-state index contributed by atoms with van der Waals surface area (Å²) < 4.78 is 0. The molecule has 0 fully saturated rings. The summed E-state index contributed by atoms with van der Waals surface area (Å²) in [6.45, 7) is 10.1. The topological polar surface area (TPSA) is 41.0 Å². The Hall–Kier alpha value is -1.68. The molecule has 0 aliphatic heterocycles. The highest BCUT2D eigenvalue weighted by atomic mass is 15.1. The molecule has 0 aliphatic rings. The van der Waals surface area contributed by atoms with Gasteiger partial charge in [0.1, 0.15) is 5.82 Å². The van der Waals surface area contributed by atoms with Crippen molar-refractivity contribution in [1.29, 1.82) is 0 Å². The predicted octanol–water partition coefficient (Wildman–Crippen LogP) is 3.55. The molecule has 4 nitrogen and oxygen atoms in total. The van der Waals surface area contributed by atoms with Gasteiger partial charge in [0.15, 0.2) is 0 Å². The maximum Gasteiger partial charge on any atom is 0.145 e. The van der Waals surface area contributed by atoms with E-state index < -0.39 is 0 Å². The predicted molar refractivity (Wildman–Crippen MR) is 89.6 cm³/mol. The van der Waals surface area contributed by atoms with Crippen molar-refractivity contribution in [3.63, 3.8) is 0 Å². The Bertz CT molecular complexity index is 551. The van der Waals surface area contributed by atoms with Crippen LogP contribution in [0.25, 0.3) is 11.0 Å². The standard InChI is InChI=1S/C17H26N4/c1-4-21(5-2)12-8-9-14(3)19-17-13-18-15-10-6-7-11-16(15)20-17/h6-7,10-11,13-14H,4-5,8-9,12H2,1-3H3,(H,19,20). The van der Waals surface area contributed by atoms with Gasteiger partial charge in [0, 0.05) is 6.04 Å². The van der Waals surface area contributed by atoms with Gasteiger partial charge in [-0.1, -0.05) is 26.0 Å². The average Bonchev–Trinajstić information content (AvgIpc) is 2.51. The molecule has 2 rings (SSSR count). The number of anilines is 1. The molecule has 0 saturated carbocycles. The zero-order valence-corrected chi connectivity index (χ0v) is 13.3. The molecule has 1 unspecified atom stereocenters. The fourth-order valence-electron chi connectivity index (χ4n) is 2.51. The molecule has 1 aromatic carbocycles. The van der Waals surface area contributed by atoms with Crippen LogP contribution in [0.4, 0.5) is 5.82 Å². The van der Waals surface area contributed by atoms with Crippen LogP contribution in [0.5, 0.6) is 0 Å². The van der Waals surface area contributed by atoms with E-state index in [1.165, 1.54) is 13.0 Å². The molecular weight excluding hydrogens is 260 g/mol. The average molecular weight is 286 g/mol. The molecule has 1 atom stereocenters. The summed E-state index contributed by atoms with van der Waals surface area (Å²) in [4.78, 5) is 11.5. The number of para-hydroxylation sites is 2. The summed E-state index contributed by atoms with van der Waals surface area (Å²) >= 11 is 0. The Morgan fingerprint density at radius 1 is 1.14 bits per heavy atom. The Balaban J connectivity index is 1.85. The van der Waals surface area contributed by atoms with Crippen LogP contribution in [0.2, 0.25) is 0 Å². The minimum absolute atomic E-state index is 0.413. The lowest BCUT2D eigenvalue weighted by Gasteiger charge is -2.20. The van der Waals surface area contributed by atoms with Crippen LogP contribution in [-0.2, 0) is 0 Å². The van der Waals surface area contributed by atoms with E-state index in [0.717, 1.165) is 36.4 Å². The van der Waals surface area contributed by atoms with Crippen LogP contribution in [-0.4, -0.2) is 40.5 Å². The van der Waals surface area contributed by atoms with Gasteiger partial charge in [-0.3, -0.25) is 4.98 Å². The van der Waals surface area contributed by atoms with Gasteiger partial charge in [-0.05, 0) is 51.5 Å². The van der Waals surface area contributed by atoms with Crippen molar-refractivity contribution >= 4 is 16.9 Å². The van der Waals surface area contributed by atoms with Gasteiger partial charge < -0.3 is 10.2 Å². The SMILES string of the molecule is CCN(CC)CCCC(C)Nc1cnc2ccccc2n1. The largest absolute Gasteiger partial charge is 0.366 e. The highest BCUT2D eigenvalue weighted by Crippen LogP contribution is 2.13. The summed E-state index contributed by atoms with van der Waals surface area (Å²) in [5.41, 5.74) is 1.88. The summed E-state index contributed by atoms with van der Waals surface area (Å²) in [7, 11) is 0. The molecule has 0 bridgehead atoms. The number of hydrogen-bond acceptors (Lipinski definition) is 4. The molecule has 2 aromatic rings. The fraction of sp³-hybridized carbons (Fsp3) is 0.529. The third-order valence-corrected chi connectivity index (χ3v) is 3.85. The Morgan fingerprint density at radius 3 is 2.57 bits per heavy atom. The zero-order valence-electron chi connectivity index (χ0n) is 13.3. The highest BCUT2D eigenvalue weighted by Gasteiger charge is 2.06. The van der Waals surface area contributed by atoms with Crippen molar-refractivity contribution in [2.75, 3.05) is 25.0 Å². The van der Waals surface area contributed by atoms with E-state index in [-0.39, 0.29) is 0 Å². The van der Waals surface area contributed by atoms with E-state index in [1.807, 2.05) is 30.5 Å². The number of benzene rings is 1. The van der Waals surface area contributed by atoms with Gasteiger partial charge in [-0.25, -0.2) is 4.98 Å². The van der Waals surface area contributed by atoms with Crippen molar-refractivity contribution < 1.29 is 0 Å². The molecule has 114 valence electrons. The van der Waals surface area contributed by atoms with Crippen molar-refractivity contribution in [1.82, 2.24) is 14.9 Å². The summed E-state index contributed by atoms with van der Waals surface area (Å²) in [6.07, 6.45) is 4.17. The van der Waals surface area contributed by atoms with E-state index in [9.17, 15) is 0 Å². The number of fused-ring (bicyclic) bond motifs is 1. The van der Waals surface area contributed by atoms with Crippen molar-refractivity contribution in [2.45, 2.75) is 39.7 Å². The van der Waals surface area contributed by atoms with Crippen LogP contribution in [0.15, 0.2) is 30.5 Å². The molecule has 21 heavy (non-hydrogen) atoms. The Kier molecular flexibility index (Phi) is 5.93. The molecule has 1 heterocycles. The summed E-state index contributed by atoms with van der Waals surface area (Å²) in [5.74, 6) is 0.865. The minimum atomic E-state index is 0.413. The smallest absolute Gasteiger partial charge is 0.145 e. The van der Waals surface area contributed by atoms with E-state index in [1.54, 1.807) is 0 Å². The third-order valence-electron chi connectivity index (χ3n) is 3.85. The van der Waals surface area contributed by atoms with Crippen LogP contribution in [0, 0.1) is 0 Å². The molecule has 1 aromatic heterocycles. The number of nitrogens with zero attached hydrogens (tertiary/aromatic N) is 3. The van der Waals surface area contributed by atoms with Gasteiger partial charge in [0.2, 0.25) is 0 Å². The molecule has 0 aliphatic carbocycles. The molecule has 0 amide bonds. The first-order chi connectivity index (χ1) is 10.2. The molecule has 4 heteroatoms. The maximum atomic E-state index is 4.61. The first-order valence-electron chi connectivity index (χ1n) is 7.93. The Labute approximate surface area is 127 Å². The molecule has 1 N–H and O–H groups in total. The van der Waals surface area contributed by atoms with Gasteiger partial charge in [-0.2, -0.15) is 0 Å². The van der Waals surface area contributed by atoms with Crippen molar-refractivity contribution in [3.8, 4) is 0 Å². The van der Waals surface area contributed by atoms with Gasteiger partial charge in [-0.15, -0.1) is 0 Å². The number of hydrogen-bond donors (Lipinski definition) is 1. The lowest BCUT2D eigenvalue weighted by molar-refractivity contribution is 0.295. The molecule has 0 radical (unpaired) electrons. The van der Waals surface area contributed by atoms with E-state index in [0.29, 0.717) is 6.04 Å². The van der Waals surface area contributed by atoms with Crippen LogP contribution >= 0.6 is 0 Å². The number of nitrogens with one attached hydrogen (secondary N) is 1. The second kappa shape index (κ2) is 7.93. The lowest BCUT2D eigenvalue weighted by atomic mass is 10.1. The second-order valence-electron chi connectivity index (χ2n) is 5.46. The van der Waals surface area contributed by atoms with Crippen molar-refractivity contribution in [2.24, 2.45) is 0 Å². The summed E-state index contributed by atoms with van der Waals surface area (Å²) in [6, 6.07) is 8.38. The van der Waals surface area contributed by atoms with Crippen LogP contribution in [0.3, 0.4) is 0 Å². The Morgan fingerprint density at radius 2 is 1.86 bits per heavy atom. The van der Waals surface area contributed by atoms with E-state index in [2.05, 4.69) is 41.0 Å². The number of rotatable bonds is 8. The fourth-order valence-corrected chi connectivity index (χ4v) is 2.51. The quantitative estimate of drug-likeness (QED) is 0.805. The first-order valence-corrected chi connectivity index (χ1v) is 7.93. The van der Waals surface area contributed by atoms with Crippen LogP contribution < -0.4 is 5.32 Å². The van der Waals surface area contributed by atoms with Crippen molar-refractivity contribution in [3.05, 3.63) is 30.5 Å². The van der Waals surface area contributed by atoms with Gasteiger partial charge in [0.05, 0.1) is 17.2 Å². The minimum Gasteiger partial charge on any atom is -0.366 e. The highest BCUT2D eigenvalue weighted by molar-refractivity contribution is 5.75. The zero-order chi connectivity index (χ0) is 15.1. The van der Waals surface area contributed by atoms with Gasteiger partial charge in [0.25, 0.3) is 0 Å². The van der Waals surface area contributed by atoms with Crippen LogP contribution in [0.1, 0.15) is 33.6 Å². The van der Waals surface area contributed by atoms with Gasteiger partial charge >= 0.3 is 0 Å². The maximum absolute atomic E-state index is 4.61. The number of aromatic nitrogens is 2. The summed E-state index contributed by atoms with van der Waals surface area (Å²) in [5, 5.41) is 3.45. The first kappa shape index (κ1) is 15.7. The molecule has 0 saturated heterocycles. The van der Waals surface area contributed by atoms with E-state index in [4.69, 9.17) is 0 Å². The lowest BCUT2D eigenvalue weighted by Crippen LogP contribution is -2.25. The third kappa shape index (κ3) is 4.67. The second-order valence-corrected chi connectivity index (χ2v) is 5.46. The normalized spacial score (nSPS) is 12.8.